The maximum Gasteiger partial charge on any atom is 0.237 e. The first kappa shape index (κ1) is 10.9. The fourth-order valence-electron chi connectivity index (χ4n) is 2.82. The Balaban J connectivity index is 1.99. The van der Waals surface area contributed by atoms with Crippen LogP contribution in [0.15, 0.2) is 0 Å². The van der Waals surface area contributed by atoms with Crippen LogP contribution >= 0.6 is 0 Å². The summed E-state index contributed by atoms with van der Waals surface area (Å²) in [6.45, 7) is 5.92. The number of rotatable bonds is 4. The van der Waals surface area contributed by atoms with E-state index in [0.29, 0.717) is 24.0 Å². The SMILES string of the molecule is CCC1NCC(=O)N1CC1(CC)CCC1. The minimum absolute atomic E-state index is 0.293. The van der Waals surface area contributed by atoms with Gasteiger partial charge < -0.3 is 4.90 Å². The van der Waals surface area contributed by atoms with Crippen molar-refractivity contribution in [2.75, 3.05) is 13.1 Å². The quantitative estimate of drug-likeness (QED) is 0.766. The van der Waals surface area contributed by atoms with Crippen LogP contribution in [0.3, 0.4) is 0 Å². The number of nitrogens with one attached hydrogen (secondary N) is 1. The largest absolute Gasteiger partial charge is 0.326 e. The first-order valence-corrected chi connectivity index (χ1v) is 6.23. The van der Waals surface area contributed by atoms with E-state index in [2.05, 4.69) is 24.1 Å². The Bertz CT molecular complexity index is 242. The standard InChI is InChI=1S/C12H22N2O/c1-3-10-13-8-11(15)14(10)9-12(4-2)6-5-7-12/h10,13H,3-9H2,1-2H3. The van der Waals surface area contributed by atoms with Crippen LogP contribution in [0.2, 0.25) is 0 Å². The zero-order chi connectivity index (χ0) is 10.9. The van der Waals surface area contributed by atoms with Gasteiger partial charge in [0.1, 0.15) is 0 Å². The van der Waals surface area contributed by atoms with Crippen LogP contribution in [0.1, 0.15) is 46.0 Å². The maximum absolute atomic E-state index is 11.7. The van der Waals surface area contributed by atoms with Crippen LogP contribution in [0.4, 0.5) is 0 Å². The molecule has 0 spiro atoms. The zero-order valence-electron chi connectivity index (χ0n) is 9.88. The van der Waals surface area contributed by atoms with Crippen molar-refractivity contribution in [3.63, 3.8) is 0 Å². The van der Waals surface area contributed by atoms with Crippen LogP contribution in [-0.4, -0.2) is 30.1 Å². The van der Waals surface area contributed by atoms with E-state index >= 15 is 0 Å². The molecule has 1 atom stereocenters. The highest BCUT2D eigenvalue weighted by atomic mass is 16.2. The van der Waals surface area contributed by atoms with E-state index in [1.54, 1.807) is 0 Å². The topological polar surface area (TPSA) is 32.3 Å². The summed E-state index contributed by atoms with van der Waals surface area (Å²) in [6, 6.07) is 0. The van der Waals surface area contributed by atoms with Gasteiger partial charge in [0.2, 0.25) is 5.91 Å². The smallest absolute Gasteiger partial charge is 0.237 e. The first-order chi connectivity index (χ1) is 7.21. The summed E-state index contributed by atoms with van der Waals surface area (Å²) in [6.07, 6.45) is 6.49. The third-order valence-electron chi connectivity index (χ3n) is 4.24. The highest BCUT2D eigenvalue weighted by molar-refractivity contribution is 5.80. The molecule has 1 saturated carbocycles. The molecule has 3 nitrogen and oxygen atoms in total. The van der Waals surface area contributed by atoms with Crippen LogP contribution in [0.5, 0.6) is 0 Å². The molecular formula is C12H22N2O. The van der Waals surface area contributed by atoms with Crippen molar-refractivity contribution < 1.29 is 4.79 Å². The predicted molar refractivity (Wildman–Crippen MR) is 60.4 cm³/mol. The molecule has 0 aromatic heterocycles. The first-order valence-electron chi connectivity index (χ1n) is 6.23. The molecule has 1 aliphatic heterocycles. The lowest BCUT2D eigenvalue weighted by atomic mass is 9.66. The molecule has 1 amide bonds. The van der Waals surface area contributed by atoms with Gasteiger partial charge in [-0.2, -0.15) is 0 Å². The van der Waals surface area contributed by atoms with E-state index in [-0.39, 0.29) is 0 Å². The monoisotopic (exact) mass is 210 g/mol. The molecule has 0 aromatic rings. The van der Waals surface area contributed by atoms with Crippen molar-refractivity contribution in [1.29, 1.82) is 0 Å². The Morgan fingerprint density at radius 1 is 1.47 bits per heavy atom. The fraction of sp³-hybridized carbons (Fsp3) is 0.917. The van der Waals surface area contributed by atoms with E-state index in [9.17, 15) is 4.79 Å². The van der Waals surface area contributed by atoms with Crippen molar-refractivity contribution >= 4 is 5.91 Å². The molecule has 2 rings (SSSR count). The van der Waals surface area contributed by atoms with Gasteiger partial charge in [0.05, 0.1) is 12.7 Å². The molecule has 2 fully saturated rings. The number of carbonyl (C=O) groups is 1. The van der Waals surface area contributed by atoms with E-state index in [1.165, 1.54) is 25.7 Å². The van der Waals surface area contributed by atoms with Gasteiger partial charge in [0.25, 0.3) is 0 Å². The molecule has 2 aliphatic rings. The summed E-state index contributed by atoms with van der Waals surface area (Å²) < 4.78 is 0. The Morgan fingerprint density at radius 2 is 2.20 bits per heavy atom. The molecule has 3 heteroatoms. The molecule has 1 heterocycles. The normalized spacial score (nSPS) is 29.3. The number of nitrogens with zero attached hydrogens (tertiary/aromatic N) is 1. The van der Waals surface area contributed by atoms with Crippen molar-refractivity contribution in [3.8, 4) is 0 Å². The van der Waals surface area contributed by atoms with E-state index in [4.69, 9.17) is 0 Å². The molecule has 1 N–H and O–H groups in total. The lowest BCUT2D eigenvalue weighted by Gasteiger charge is -2.44. The van der Waals surface area contributed by atoms with E-state index in [0.717, 1.165) is 13.0 Å². The van der Waals surface area contributed by atoms with Gasteiger partial charge in [0, 0.05) is 6.54 Å². The fourth-order valence-corrected chi connectivity index (χ4v) is 2.82. The van der Waals surface area contributed by atoms with Crippen LogP contribution in [0.25, 0.3) is 0 Å². The lowest BCUT2D eigenvalue weighted by Crippen LogP contribution is -2.47. The van der Waals surface area contributed by atoms with Crippen molar-refractivity contribution in [1.82, 2.24) is 10.2 Å². The van der Waals surface area contributed by atoms with Gasteiger partial charge >= 0.3 is 0 Å². The molecule has 1 saturated heterocycles. The van der Waals surface area contributed by atoms with Gasteiger partial charge in [-0.15, -0.1) is 0 Å². The summed E-state index contributed by atoms with van der Waals surface area (Å²) >= 11 is 0. The third kappa shape index (κ3) is 1.89. The summed E-state index contributed by atoms with van der Waals surface area (Å²) in [5, 5.41) is 3.28. The molecule has 15 heavy (non-hydrogen) atoms. The summed E-state index contributed by atoms with van der Waals surface area (Å²) in [5.41, 5.74) is 0.453. The van der Waals surface area contributed by atoms with E-state index < -0.39 is 0 Å². The van der Waals surface area contributed by atoms with Gasteiger partial charge in [-0.1, -0.05) is 20.3 Å². The lowest BCUT2D eigenvalue weighted by molar-refractivity contribution is -0.130. The minimum atomic E-state index is 0.293. The second-order valence-electron chi connectivity index (χ2n) is 5.03. The van der Waals surface area contributed by atoms with E-state index in [1.807, 2.05) is 0 Å². The van der Waals surface area contributed by atoms with Crippen LogP contribution in [-0.2, 0) is 4.79 Å². The van der Waals surface area contributed by atoms with Crippen molar-refractivity contribution in [2.45, 2.75) is 52.1 Å². The Kier molecular flexibility index (Phi) is 3.01. The Labute approximate surface area is 92.2 Å². The molecule has 1 aliphatic carbocycles. The second kappa shape index (κ2) is 4.12. The summed E-state index contributed by atoms with van der Waals surface area (Å²) in [7, 11) is 0. The van der Waals surface area contributed by atoms with Crippen LogP contribution in [0, 0.1) is 5.41 Å². The van der Waals surface area contributed by atoms with Crippen LogP contribution < -0.4 is 5.32 Å². The van der Waals surface area contributed by atoms with Gasteiger partial charge in [-0.05, 0) is 31.1 Å². The molecule has 0 radical (unpaired) electrons. The molecule has 86 valence electrons. The van der Waals surface area contributed by atoms with Gasteiger partial charge in [-0.3, -0.25) is 10.1 Å². The van der Waals surface area contributed by atoms with Gasteiger partial charge in [0.15, 0.2) is 0 Å². The maximum atomic E-state index is 11.7. The molecular weight excluding hydrogens is 188 g/mol. The summed E-state index contributed by atoms with van der Waals surface area (Å²) in [4.78, 5) is 13.8. The van der Waals surface area contributed by atoms with Gasteiger partial charge in [-0.25, -0.2) is 0 Å². The third-order valence-corrected chi connectivity index (χ3v) is 4.24. The Morgan fingerprint density at radius 3 is 2.67 bits per heavy atom. The Hall–Kier alpha value is -0.570. The van der Waals surface area contributed by atoms with Crippen molar-refractivity contribution in [3.05, 3.63) is 0 Å². The zero-order valence-corrected chi connectivity index (χ0v) is 9.88. The molecule has 0 bridgehead atoms. The number of hydrogen-bond donors (Lipinski definition) is 1. The molecule has 1 unspecified atom stereocenters. The average molecular weight is 210 g/mol. The second-order valence-corrected chi connectivity index (χ2v) is 5.03. The summed E-state index contributed by atoms with van der Waals surface area (Å²) in [5.74, 6) is 0.293. The predicted octanol–water partition coefficient (Wildman–Crippen LogP) is 1.73. The number of carbonyl (C=O) groups excluding carboxylic acids is 1. The highest BCUT2D eigenvalue weighted by Gasteiger charge is 2.41. The average Bonchev–Trinajstić information content (AvgIpc) is 2.53. The number of amides is 1. The molecule has 0 aromatic carbocycles. The minimum Gasteiger partial charge on any atom is -0.326 e. The highest BCUT2D eigenvalue weighted by Crippen LogP contribution is 2.44. The van der Waals surface area contributed by atoms with Crippen molar-refractivity contribution in [2.24, 2.45) is 5.41 Å². The number of hydrogen-bond acceptors (Lipinski definition) is 2.